The van der Waals surface area contributed by atoms with Crippen LogP contribution < -0.4 is 14.2 Å². The maximum atomic E-state index is 11.7. The van der Waals surface area contributed by atoms with Crippen LogP contribution in [0.4, 0.5) is 5.69 Å². The van der Waals surface area contributed by atoms with Crippen LogP contribution in [0.25, 0.3) is 54.4 Å². The molecule has 0 aliphatic carbocycles. The molecular formula is C38H34N3O4S2+. The van der Waals surface area contributed by atoms with E-state index >= 15 is 0 Å². The van der Waals surface area contributed by atoms with Crippen molar-refractivity contribution in [2.45, 2.75) is 32.7 Å². The molecular weight excluding hydrogens is 627 g/mol. The van der Waals surface area contributed by atoms with Gasteiger partial charge in [0, 0.05) is 24.8 Å². The number of anilines is 1. The van der Waals surface area contributed by atoms with E-state index in [1.807, 2.05) is 29.2 Å². The number of thiazole rings is 1. The molecule has 1 N–H and O–H groups in total. The standard InChI is InChI=1S/C38H33N3O4S2/c1-2-3-18-41-37(46-35-16-13-29-22-27-10-4-5-11-28(27)23-31(29)38(35)41)25-36-40(19-8-21-47(42,43)44)33-24-30(14-15-34(33)45-36)39-20-17-26-9-6-7-12-32(26)39/h4-7,9-17,20,22-25H,2-3,8,18-19,21H2,1H3/p+1. The van der Waals surface area contributed by atoms with Gasteiger partial charge in [0.15, 0.2) is 12.3 Å². The van der Waals surface area contributed by atoms with Crippen molar-refractivity contribution >= 4 is 75.9 Å². The first kappa shape index (κ1) is 29.7. The Morgan fingerprint density at radius 3 is 2.47 bits per heavy atom. The molecule has 0 bridgehead atoms. The lowest BCUT2D eigenvalue weighted by Crippen LogP contribution is -2.35. The number of benzene rings is 5. The zero-order valence-corrected chi connectivity index (χ0v) is 27.6. The highest BCUT2D eigenvalue weighted by Crippen LogP contribution is 2.42. The Labute approximate surface area is 277 Å². The summed E-state index contributed by atoms with van der Waals surface area (Å²) in [4.78, 5) is 2.04. The molecule has 0 saturated carbocycles. The summed E-state index contributed by atoms with van der Waals surface area (Å²) in [7, 11) is -4.10. The topological polar surface area (TPSA) is 75.7 Å². The van der Waals surface area contributed by atoms with E-state index in [1.165, 1.54) is 31.8 Å². The fourth-order valence-electron chi connectivity index (χ4n) is 6.66. The van der Waals surface area contributed by atoms with Crippen LogP contribution in [-0.2, 0) is 16.7 Å². The van der Waals surface area contributed by atoms with Gasteiger partial charge in [-0.3, -0.25) is 4.55 Å². The maximum absolute atomic E-state index is 11.7. The van der Waals surface area contributed by atoms with E-state index in [1.54, 1.807) is 11.3 Å². The number of unbranched alkanes of at least 4 members (excludes halogenated alkanes) is 1. The fourth-order valence-corrected chi connectivity index (χ4v) is 8.28. The van der Waals surface area contributed by atoms with E-state index in [-0.39, 0.29) is 12.2 Å². The Kier molecular flexibility index (Phi) is 7.47. The molecule has 3 heterocycles. The highest BCUT2D eigenvalue weighted by molar-refractivity contribution is 7.85. The lowest BCUT2D eigenvalue weighted by Gasteiger charge is -2.18. The van der Waals surface area contributed by atoms with Crippen molar-refractivity contribution in [1.29, 1.82) is 0 Å². The molecule has 0 radical (unpaired) electrons. The van der Waals surface area contributed by atoms with Gasteiger partial charge in [-0.05, 0) is 76.5 Å². The van der Waals surface area contributed by atoms with Crippen molar-refractivity contribution in [1.82, 2.24) is 4.57 Å². The normalized spacial score (nSPS) is 14.2. The van der Waals surface area contributed by atoms with Crippen LogP contribution in [0, 0.1) is 0 Å². The first-order chi connectivity index (χ1) is 22.9. The van der Waals surface area contributed by atoms with Gasteiger partial charge < -0.3 is 14.2 Å². The molecule has 5 aromatic carbocycles. The molecule has 8 rings (SSSR count). The van der Waals surface area contributed by atoms with Crippen molar-refractivity contribution in [3.63, 3.8) is 0 Å². The molecule has 0 amide bonds. The first-order valence-electron chi connectivity index (χ1n) is 16.0. The Hall–Kier alpha value is -4.70. The smallest absolute Gasteiger partial charge is 0.268 e. The SMILES string of the molecule is CCCC[n+]1c(/C=C2\Oc3ccc(-n4ccc5ccccc54)cc3N2CCCS(=O)(=O)O)sc2ccc3cc4ccccc4cc3c21. The minimum Gasteiger partial charge on any atom is -0.438 e. The highest BCUT2D eigenvalue weighted by Gasteiger charge is 2.30. The van der Waals surface area contributed by atoms with E-state index in [0.717, 1.165) is 46.7 Å². The molecule has 1 aliphatic rings. The van der Waals surface area contributed by atoms with Crippen LogP contribution in [0.5, 0.6) is 5.75 Å². The van der Waals surface area contributed by atoms with Crippen LogP contribution in [0.3, 0.4) is 0 Å². The lowest BCUT2D eigenvalue weighted by molar-refractivity contribution is -0.668. The first-order valence-corrected chi connectivity index (χ1v) is 18.4. The molecule has 7 aromatic rings. The van der Waals surface area contributed by atoms with Gasteiger partial charge in [-0.25, -0.2) is 0 Å². The highest BCUT2D eigenvalue weighted by atomic mass is 32.2. The summed E-state index contributed by atoms with van der Waals surface area (Å²) in [5.41, 5.74) is 4.16. The van der Waals surface area contributed by atoms with Crippen molar-refractivity contribution in [3.05, 3.63) is 114 Å². The third-order valence-corrected chi connectivity index (χ3v) is 10.8. The van der Waals surface area contributed by atoms with Gasteiger partial charge >= 0.3 is 0 Å². The third-order valence-electron chi connectivity index (χ3n) is 8.93. The summed E-state index contributed by atoms with van der Waals surface area (Å²) in [6.45, 7) is 3.43. The lowest BCUT2D eigenvalue weighted by atomic mass is 10.0. The minimum absolute atomic E-state index is 0.246. The molecule has 0 atom stereocenters. The summed E-state index contributed by atoms with van der Waals surface area (Å²) in [6, 6.07) is 33.9. The van der Waals surface area contributed by atoms with Gasteiger partial charge in [0.25, 0.3) is 15.1 Å². The van der Waals surface area contributed by atoms with E-state index in [9.17, 15) is 13.0 Å². The molecule has 9 heteroatoms. The van der Waals surface area contributed by atoms with Gasteiger partial charge in [-0.15, -0.1) is 0 Å². The fraction of sp³-hybridized carbons (Fsp3) is 0.184. The van der Waals surface area contributed by atoms with Crippen LogP contribution in [-0.4, -0.2) is 29.8 Å². The molecule has 2 aromatic heterocycles. The summed E-state index contributed by atoms with van der Waals surface area (Å²) in [5, 5.41) is 7.08. The second-order valence-corrected chi connectivity index (χ2v) is 14.7. The van der Waals surface area contributed by atoms with Gasteiger partial charge in [0.1, 0.15) is 4.70 Å². The van der Waals surface area contributed by atoms with E-state index < -0.39 is 10.1 Å². The quantitative estimate of drug-likeness (QED) is 0.0953. The number of hydrogen-bond acceptors (Lipinski definition) is 5. The Bertz CT molecular complexity index is 2460. The third kappa shape index (κ3) is 5.54. The number of rotatable bonds is 9. The summed E-state index contributed by atoms with van der Waals surface area (Å²) in [6.07, 6.45) is 6.49. The number of para-hydroxylation sites is 1. The molecule has 0 fully saturated rings. The second kappa shape index (κ2) is 11.8. The average Bonchev–Trinajstić information content (AvgIpc) is 3.75. The molecule has 0 unspecified atom stereocenters. The zero-order valence-electron chi connectivity index (χ0n) is 26.0. The van der Waals surface area contributed by atoms with Crippen LogP contribution >= 0.6 is 11.3 Å². The Morgan fingerprint density at radius 1 is 0.872 bits per heavy atom. The zero-order chi connectivity index (χ0) is 32.1. The summed E-state index contributed by atoms with van der Waals surface area (Å²) >= 11 is 1.73. The molecule has 236 valence electrons. The summed E-state index contributed by atoms with van der Waals surface area (Å²) in [5.74, 6) is 1.02. The van der Waals surface area contributed by atoms with Crippen LogP contribution in [0.2, 0.25) is 0 Å². The molecule has 7 nitrogen and oxygen atoms in total. The average molecular weight is 661 g/mol. The number of hydrogen-bond donors (Lipinski definition) is 1. The number of nitrogens with zero attached hydrogens (tertiary/aromatic N) is 3. The number of fused-ring (bicyclic) bond motifs is 6. The van der Waals surface area contributed by atoms with E-state index in [4.69, 9.17) is 4.74 Å². The number of aryl methyl sites for hydroxylation is 1. The van der Waals surface area contributed by atoms with Crippen molar-refractivity contribution in [2.24, 2.45) is 0 Å². The van der Waals surface area contributed by atoms with Crippen molar-refractivity contribution < 1.29 is 22.3 Å². The van der Waals surface area contributed by atoms with Crippen molar-refractivity contribution in [3.8, 4) is 11.4 Å². The monoisotopic (exact) mass is 660 g/mol. The number of aromatic nitrogens is 2. The van der Waals surface area contributed by atoms with Gasteiger partial charge in [-0.2, -0.15) is 13.0 Å². The predicted octanol–water partition coefficient (Wildman–Crippen LogP) is 8.71. The largest absolute Gasteiger partial charge is 0.438 e. The number of ether oxygens (including phenoxy) is 1. The Morgan fingerprint density at radius 2 is 1.66 bits per heavy atom. The van der Waals surface area contributed by atoms with E-state index in [0.29, 0.717) is 18.2 Å². The molecule has 0 spiro atoms. The minimum atomic E-state index is -4.10. The molecule has 1 aliphatic heterocycles. The molecule has 0 saturated heterocycles. The van der Waals surface area contributed by atoms with Gasteiger partial charge in [0.05, 0.1) is 28.4 Å². The van der Waals surface area contributed by atoms with Crippen LogP contribution in [0.15, 0.2) is 109 Å². The Balaban J connectivity index is 1.26. The van der Waals surface area contributed by atoms with Crippen LogP contribution in [0.1, 0.15) is 31.2 Å². The summed E-state index contributed by atoms with van der Waals surface area (Å²) < 4.78 is 45.1. The second-order valence-electron chi connectivity index (χ2n) is 12.1. The maximum Gasteiger partial charge on any atom is 0.268 e. The van der Waals surface area contributed by atoms with E-state index in [2.05, 4.69) is 101 Å². The van der Waals surface area contributed by atoms with Crippen molar-refractivity contribution in [2.75, 3.05) is 17.2 Å². The van der Waals surface area contributed by atoms with Gasteiger partial charge in [-0.1, -0.05) is 73.2 Å². The van der Waals surface area contributed by atoms with Gasteiger partial charge in [0.2, 0.25) is 11.4 Å². The molecule has 47 heavy (non-hydrogen) atoms. The predicted molar refractivity (Wildman–Crippen MR) is 192 cm³/mol.